The molecule has 1 saturated heterocycles. The van der Waals surface area contributed by atoms with Crippen molar-refractivity contribution in [1.29, 1.82) is 0 Å². The summed E-state index contributed by atoms with van der Waals surface area (Å²) in [5, 5.41) is 13.2. The predicted octanol–water partition coefficient (Wildman–Crippen LogP) is 2.00. The smallest absolute Gasteiger partial charge is 0.240 e. The zero-order valence-corrected chi connectivity index (χ0v) is 12.4. The van der Waals surface area contributed by atoms with Gasteiger partial charge in [0.1, 0.15) is 5.82 Å². The maximum Gasteiger partial charge on any atom is 0.240 e. The molecule has 0 amide bonds. The average Bonchev–Trinajstić information content (AvgIpc) is 2.94. The number of aliphatic hydroxyl groups is 1. The fourth-order valence-electron chi connectivity index (χ4n) is 2.89. The van der Waals surface area contributed by atoms with E-state index in [2.05, 4.69) is 15.0 Å². The van der Waals surface area contributed by atoms with E-state index >= 15 is 0 Å². The second-order valence-electron chi connectivity index (χ2n) is 5.84. The number of likely N-dealkylation sites (tertiary alicyclic amines) is 1. The molecule has 6 heteroatoms. The van der Waals surface area contributed by atoms with E-state index in [-0.39, 0.29) is 12.4 Å². The van der Waals surface area contributed by atoms with Gasteiger partial charge in [-0.2, -0.15) is 4.98 Å². The second-order valence-corrected chi connectivity index (χ2v) is 5.84. The molecule has 1 N–H and O–H groups in total. The number of nitrogens with zero attached hydrogens (tertiary/aromatic N) is 3. The normalized spacial score (nSPS) is 19.5. The van der Waals surface area contributed by atoms with Crippen molar-refractivity contribution in [2.45, 2.75) is 25.8 Å². The molecule has 22 heavy (non-hydrogen) atoms. The molecule has 1 aliphatic heterocycles. The molecule has 1 atom stereocenters. The Morgan fingerprint density at radius 2 is 2.32 bits per heavy atom. The fraction of sp³-hybridized carbons (Fsp3) is 0.500. The van der Waals surface area contributed by atoms with E-state index in [1.807, 2.05) is 6.07 Å². The minimum atomic E-state index is -0.260. The minimum Gasteiger partial charge on any atom is -0.396 e. The van der Waals surface area contributed by atoms with Gasteiger partial charge in [0.05, 0.1) is 6.54 Å². The van der Waals surface area contributed by atoms with Gasteiger partial charge in [-0.15, -0.1) is 0 Å². The number of piperidine rings is 1. The summed E-state index contributed by atoms with van der Waals surface area (Å²) in [6.45, 7) is 2.67. The molecular formula is C16H20FN3O2. The van der Waals surface area contributed by atoms with Gasteiger partial charge in [0.25, 0.3) is 0 Å². The van der Waals surface area contributed by atoms with Crippen molar-refractivity contribution in [2.75, 3.05) is 19.7 Å². The molecule has 5 nitrogen and oxygen atoms in total. The number of aliphatic hydroxyl groups excluding tert-OH is 1. The summed E-state index contributed by atoms with van der Waals surface area (Å²) in [7, 11) is 0. The number of rotatable bonds is 5. The van der Waals surface area contributed by atoms with Crippen LogP contribution in [0.3, 0.4) is 0 Å². The van der Waals surface area contributed by atoms with Gasteiger partial charge in [0.2, 0.25) is 5.89 Å². The van der Waals surface area contributed by atoms with Crippen molar-refractivity contribution in [3.8, 4) is 0 Å². The van der Waals surface area contributed by atoms with E-state index < -0.39 is 0 Å². The van der Waals surface area contributed by atoms with Gasteiger partial charge >= 0.3 is 0 Å². The molecule has 118 valence electrons. The molecular weight excluding hydrogens is 285 g/mol. The van der Waals surface area contributed by atoms with E-state index in [9.17, 15) is 9.50 Å². The Morgan fingerprint density at radius 1 is 1.41 bits per heavy atom. The summed E-state index contributed by atoms with van der Waals surface area (Å²) < 4.78 is 18.4. The Kier molecular flexibility index (Phi) is 4.80. The van der Waals surface area contributed by atoms with Crippen LogP contribution in [0.5, 0.6) is 0 Å². The lowest BCUT2D eigenvalue weighted by molar-refractivity contribution is 0.107. The lowest BCUT2D eigenvalue weighted by Crippen LogP contribution is -2.36. The topological polar surface area (TPSA) is 62.4 Å². The zero-order chi connectivity index (χ0) is 15.4. The van der Waals surface area contributed by atoms with Gasteiger partial charge in [0.15, 0.2) is 5.82 Å². The number of halogens is 1. The molecule has 0 spiro atoms. The second kappa shape index (κ2) is 6.98. The van der Waals surface area contributed by atoms with Crippen LogP contribution < -0.4 is 0 Å². The summed E-state index contributed by atoms with van der Waals surface area (Å²) in [5.41, 5.74) is 0.825. The van der Waals surface area contributed by atoms with Crippen molar-refractivity contribution >= 4 is 0 Å². The minimum absolute atomic E-state index is 0.227. The Labute approximate surface area is 128 Å². The third-order valence-corrected chi connectivity index (χ3v) is 3.98. The molecule has 1 aromatic carbocycles. The van der Waals surface area contributed by atoms with Crippen LogP contribution in [-0.2, 0) is 13.0 Å². The highest BCUT2D eigenvalue weighted by Gasteiger charge is 2.21. The standard InChI is InChI=1S/C16H20FN3O2/c17-14-5-1-3-12(7-14)8-15-18-16(22-19-15)10-20-6-2-4-13(9-20)11-21/h1,3,5,7,13,21H,2,4,6,8-11H2/t13-/m0/s1. The predicted molar refractivity (Wildman–Crippen MR) is 78.6 cm³/mol. The lowest BCUT2D eigenvalue weighted by atomic mass is 9.99. The quantitative estimate of drug-likeness (QED) is 0.915. The molecule has 0 saturated carbocycles. The molecule has 0 unspecified atom stereocenters. The first-order chi connectivity index (χ1) is 10.7. The number of aromatic nitrogens is 2. The maximum absolute atomic E-state index is 13.2. The summed E-state index contributed by atoms with van der Waals surface area (Å²) in [6.07, 6.45) is 2.61. The fourth-order valence-corrected chi connectivity index (χ4v) is 2.89. The van der Waals surface area contributed by atoms with E-state index in [0.717, 1.165) is 31.5 Å². The van der Waals surface area contributed by atoms with Crippen LogP contribution in [0, 0.1) is 11.7 Å². The number of benzene rings is 1. The van der Waals surface area contributed by atoms with Gasteiger partial charge in [-0.25, -0.2) is 4.39 Å². The SMILES string of the molecule is OC[C@H]1CCCN(Cc2nc(Cc3cccc(F)c3)no2)C1. The zero-order valence-electron chi connectivity index (χ0n) is 12.4. The first kappa shape index (κ1) is 15.1. The average molecular weight is 305 g/mol. The molecule has 2 aromatic rings. The van der Waals surface area contributed by atoms with Crippen molar-refractivity contribution in [3.05, 3.63) is 47.4 Å². The third kappa shape index (κ3) is 3.90. The van der Waals surface area contributed by atoms with E-state index in [1.165, 1.54) is 12.1 Å². The van der Waals surface area contributed by atoms with Crippen molar-refractivity contribution in [2.24, 2.45) is 5.92 Å². The van der Waals surface area contributed by atoms with Gasteiger partial charge in [-0.3, -0.25) is 4.90 Å². The van der Waals surface area contributed by atoms with Crippen LogP contribution in [0.2, 0.25) is 0 Å². The first-order valence-electron chi connectivity index (χ1n) is 7.62. The Balaban J connectivity index is 1.59. The summed E-state index contributed by atoms with van der Waals surface area (Å²) in [4.78, 5) is 6.60. The monoisotopic (exact) mass is 305 g/mol. The van der Waals surface area contributed by atoms with Gasteiger partial charge in [-0.05, 0) is 43.0 Å². The number of hydrogen-bond acceptors (Lipinski definition) is 5. The van der Waals surface area contributed by atoms with Gasteiger partial charge in [-0.1, -0.05) is 17.3 Å². The van der Waals surface area contributed by atoms with Gasteiger partial charge < -0.3 is 9.63 Å². The van der Waals surface area contributed by atoms with Crippen LogP contribution >= 0.6 is 0 Å². The molecule has 2 heterocycles. The lowest BCUT2D eigenvalue weighted by Gasteiger charge is -2.30. The third-order valence-electron chi connectivity index (χ3n) is 3.98. The van der Waals surface area contributed by atoms with Crippen molar-refractivity contribution in [1.82, 2.24) is 15.0 Å². The van der Waals surface area contributed by atoms with Crippen LogP contribution in [-0.4, -0.2) is 39.8 Å². The van der Waals surface area contributed by atoms with E-state index in [0.29, 0.717) is 30.6 Å². The molecule has 1 aliphatic rings. The molecule has 3 rings (SSSR count). The van der Waals surface area contributed by atoms with Crippen molar-refractivity contribution in [3.63, 3.8) is 0 Å². The highest BCUT2D eigenvalue weighted by molar-refractivity contribution is 5.19. The van der Waals surface area contributed by atoms with E-state index in [4.69, 9.17) is 4.52 Å². The molecule has 0 bridgehead atoms. The largest absolute Gasteiger partial charge is 0.396 e. The number of hydrogen-bond donors (Lipinski definition) is 1. The molecule has 1 aromatic heterocycles. The molecule has 0 aliphatic carbocycles. The van der Waals surface area contributed by atoms with Crippen LogP contribution in [0.25, 0.3) is 0 Å². The van der Waals surface area contributed by atoms with Crippen LogP contribution in [0.1, 0.15) is 30.1 Å². The highest BCUT2D eigenvalue weighted by atomic mass is 19.1. The maximum atomic E-state index is 13.2. The van der Waals surface area contributed by atoms with Crippen LogP contribution in [0.4, 0.5) is 4.39 Å². The summed E-state index contributed by atoms with van der Waals surface area (Å²) >= 11 is 0. The first-order valence-corrected chi connectivity index (χ1v) is 7.62. The summed E-state index contributed by atoms with van der Waals surface area (Å²) in [5.74, 6) is 1.22. The Bertz CT molecular complexity index is 617. The van der Waals surface area contributed by atoms with Gasteiger partial charge in [0, 0.05) is 19.6 Å². The van der Waals surface area contributed by atoms with E-state index in [1.54, 1.807) is 6.07 Å². The Hall–Kier alpha value is -1.79. The molecule has 0 radical (unpaired) electrons. The highest BCUT2D eigenvalue weighted by Crippen LogP contribution is 2.18. The van der Waals surface area contributed by atoms with Crippen LogP contribution in [0.15, 0.2) is 28.8 Å². The molecule has 1 fully saturated rings. The van der Waals surface area contributed by atoms with Crippen molar-refractivity contribution < 1.29 is 14.0 Å². The summed E-state index contributed by atoms with van der Waals surface area (Å²) in [6, 6.07) is 6.41. The Morgan fingerprint density at radius 3 is 3.14 bits per heavy atom.